The Morgan fingerprint density at radius 1 is 1.33 bits per heavy atom. The Labute approximate surface area is 92.0 Å². The van der Waals surface area contributed by atoms with E-state index >= 15 is 0 Å². The van der Waals surface area contributed by atoms with Crippen LogP contribution in [0.25, 0.3) is 0 Å². The normalized spacial score (nSPS) is 12.5. The minimum absolute atomic E-state index is 0.361. The molecule has 0 amide bonds. The number of nitrogens with zero attached hydrogens (tertiary/aromatic N) is 1. The first kappa shape index (κ1) is 12.0. The van der Waals surface area contributed by atoms with Crippen molar-refractivity contribution < 1.29 is 4.74 Å². The summed E-state index contributed by atoms with van der Waals surface area (Å²) >= 11 is 0. The summed E-state index contributed by atoms with van der Waals surface area (Å²) in [6.07, 6.45) is 0. The third-order valence-electron chi connectivity index (χ3n) is 2.47. The van der Waals surface area contributed by atoms with Gasteiger partial charge in [-0.2, -0.15) is 0 Å². The molecule has 84 valence electrons. The van der Waals surface area contributed by atoms with Crippen molar-refractivity contribution in [3.8, 4) is 0 Å². The lowest BCUT2D eigenvalue weighted by Gasteiger charge is -2.25. The maximum absolute atomic E-state index is 5.14. The lowest BCUT2D eigenvalue weighted by atomic mass is 10.2. The SMILES string of the molecule is CNC(COC)CN(C)c1ccccc1. The van der Waals surface area contributed by atoms with Gasteiger partial charge in [0.25, 0.3) is 0 Å². The molecule has 1 aromatic carbocycles. The summed E-state index contributed by atoms with van der Waals surface area (Å²) in [5.41, 5.74) is 1.23. The largest absolute Gasteiger partial charge is 0.383 e. The Hall–Kier alpha value is -1.06. The molecule has 0 saturated heterocycles. The first-order chi connectivity index (χ1) is 7.27. The van der Waals surface area contributed by atoms with Gasteiger partial charge < -0.3 is 15.0 Å². The summed E-state index contributed by atoms with van der Waals surface area (Å²) in [7, 11) is 5.78. The van der Waals surface area contributed by atoms with E-state index in [1.54, 1.807) is 7.11 Å². The van der Waals surface area contributed by atoms with Gasteiger partial charge in [-0.15, -0.1) is 0 Å². The van der Waals surface area contributed by atoms with Crippen LogP contribution in [0.1, 0.15) is 0 Å². The van der Waals surface area contributed by atoms with Crippen LogP contribution in [0.5, 0.6) is 0 Å². The van der Waals surface area contributed by atoms with Crippen LogP contribution >= 0.6 is 0 Å². The van der Waals surface area contributed by atoms with Crippen LogP contribution in [-0.4, -0.2) is 40.4 Å². The van der Waals surface area contributed by atoms with Crippen LogP contribution in [0.3, 0.4) is 0 Å². The van der Waals surface area contributed by atoms with Crippen LogP contribution < -0.4 is 10.2 Å². The number of rotatable bonds is 6. The molecular formula is C12H20N2O. The molecule has 0 aliphatic heterocycles. The quantitative estimate of drug-likeness (QED) is 0.764. The zero-order valence-electron chi connectivity index (χ0n) is 9.73. The fourth-order valence-corrected chi connectivity index (χ4v) is 1.55. The minimum Gasteiger partial charge on any atom is -0.383 e. The molecule has 1 atom stereocenters. The Morgan fingerprint density at radius 3 is 2.53 bits per heavy atom. The highest BCUT2D eigenvalue weighted by Gasteiger charge is 2.09. The Kier molecular flexibility index (Phi) is 5.15. The Bertz CT molecular complexity index is 264. The zero-order valence-corrected chi connectivity index (χ0v) is 9.73. The molecule has 0 spiro atoms. The number of hydrogen-bond acceptors (Lipinski definition) is 3. The zero-order chi connectivity index (χ0) is 11.1. The van der Waals surface area contributed by atoms with Crippen LogP contribution in [0, 0.1) is 0 Å². The van der Waals surface area contributed by atoms with Crippen molar-refractivity contribution in [1.29, 1.82) is 0 Å². The summed E-state index contributed by atoms with van der Waals surface area (Å²) in [5.74, 6) is 0. The van der Waals surface area contributed by atoms with Gasteiger partial charge in [0.2, 0.25) is 0 Å². The molecule has 3 nitrogen and oxygen atoms in total. The van der Waals surface area contributed by atoms with Gasteiger partial charge in [-0.3, -0.25) is 0 Å². The molecule has 0 aromatic heterocycles. The molecule has 15 heavy (non-hydrogen) atoms. The molecule has 0 aliphatic rings. The van der Waals surface area contributed by atoms with Gasteiger partial charge in [0.1, 0.15) is 0 Å². The third kappa shape index (κ3) is 3.90. The molecule has 0 bridgehead atoms. The second kappa shape index (κ2) is 6.43. The van der Waals surface area contributed by atoms with E-state index in [1.807, 2.05) is 13.1 Å². The van der Waals surface area contributed by atoms with Gasteiger partial charge in [0, 0.05) is 32.4 Å². The van der Waals surface area contributed by atoms with Gasteiger partial charge in [0.05, 0.1) is 6.61 Å². The lowest BCUT2D eigenvalue weighted by molar-refractivity contribution is 0.171. The van der Waals surface area contributed by atoms with E-state index in [1.165, 1.54) is 5.69 Å². The number of benzene rings is 1. The molecule has 3 heteroatoms. The monoisotopic (exact) mass is 208 g/mol. The molecule has 0 aliphatic carbocycles. The Balaban J connectivity index is 2.50. The second-order valence-electron chi connectivity index (χ2n) is 3.66. The van der Waals surface area contributed by atoms with Crippen LogP contribution in [0.15, 0.2) is 30.3 Å². The Morgan fingerprint density at radius 2 is 2.00 bits per heavy atom. The summed E-state index contributed by atoms with van der Waals surface area (Å²) in [6, 6.07) is 10.7. The number of anilines is 1. The fraction of sp³-hybridized carbons (Fsp3) is 0.500. The molecule has 1 rings (SSSR count). The van der Waals surface area contributed by atoms with Crippen molar-refractivity contribution in [3.63, 3.8) is 0 Å². The molecule has 0 saturated carbocycles. The summed E-state index contributed by atoms with van der Waals surface area (Å²) in [6.45, 7) is 1.67. The van der Waals surface area contributed by atoms with Crippen molar-refractivity contribution in [2.24, 2.45) is 0 Å². The molecule has 0 heterocycles. The van der Waals surface area contributed by atoms with E-state index in [9.17, 15) is 0 Å². The maximum Gasteiger partial charge on any atom is 0.0633 e. The van der Waals surface area contributed by atoms with Crippen molar-refractivity contribution in [2.45, 2.75) is 6.04 Å². The first-order valence-electron chi connectivity index (χ1n) is 5.20. The molecule has 1 unspecified atom stereocenters. The minimum atomic E-state index is 0.361. The maximum atomic E-state index is 5.14. The lowest BCUT2D eigenvalue weighted by Crippen LogP contribution is -2.40. The topological polar surface area (TPSA) is 24.5 Å². The molecular weight excluding hydrogens is 188 g/mol. The summed E-state index contributed by atoms with van der Waals surface area (Å²) < 4.78 is 5.14. The fourth-order valence-electron chi connectivity index (χ4n) is 1.55. The number of nitrogens with one attached hydrogen (secondary N) is 1. The average Bonchev–Trinajstić information content (AvgIpc) is 2.29. The van der Waals surface area contributed by atoms with Gasteiger partial charge >= 0.3 is 0 Å². The first-order valence-corrected chi connectivity index (χ1v) is 5.20. The number of hydrogen-bond donors (Lipinski definition) is 1. The summed E-state index contributed by atoms with van der Waals surface area (Å²) in [4.78, 5) is 2.22. The standard InChI is InChI=1S/C12H20N2O/c1-13-11(10-15-3)9-14(2)12-7-5-4-6-8-12/h4-8,11,13H,9-10H2,1-3H3. The number of methoxy groups -OCH3 is 1. The molecule has 1 N–H and O–H groups in total. The highest BCUT2D eigenvalue weighted by atomic mass is 16.5. The average molecular weight is 208 g/mol. The van der Waals surface area contributed by atoms with E-state index in [0.29, 0.717) is 6.04 Å². The van der Waals surface area contributed by atoms with Gasteiger partial charge in [0.15, 0.2) is 0 Å². The van der Waals surface area contributed by atoms with Crippen molar-refractivity contribution in [3.05, 3.63) is 30.3 Å². The summed E-state index contributed by atoms with van der Waals surface area (Å²) in [5, 5.41) is 3.24. The van der Waals surface area contributed by atoms with E-state index in [-0.39, 0.29) is 0 Å². The molecule has 1 aromatic rings. The van der Waals surface area contributed by atoms with Gasteiger partial charge in [-0.05, 0) is 19.2 Å². The van der Waals surface area contributed by atoms with Crippen LogP contribution in [-0.2, 0) is 4.74 Å². The van der Waals surface area contributed by atoms with Crippen molar-refractivity contribution in [2.75, 3.05) is 39.3 Å². The number of para-hydroxylation sites is 1. The van der Waals surface area contributed by atoms with E-state index in [2.05, 4.69) is 41.5 Å². The van der Waals surface area contributed by atoms with Crippen molar-refractivity contribution >= 4 is 5.69 Å². The number of likely N-dealkylation sites (N-methyl/N-ethyl adjacent to an activating group) is 2. The van der Waals surface area contributed by atoms with Crippen LogP contribution in [0.2, 0.25) is 0 Å². The van der Waals surface area contributed by atoms with Gasteiger partial charge in [-0.1, -0.05) is 18.2 Å². The molecule has 0 radical (unpaired) electrons. The number of ether oxygens (including phenoxy) is 1. The van der Waals surface area contributed by atoms with Gasteiger partial charge in [-0.25, -0.2) is 0 Å². The third-order valence-corrected chi connectivity index (χ3v) is 2.47. The highest BCUT2D eigenvalue weighted by molar-refractivity contribution is 5.45. The van der Waals surface area contributed by atoms with E-state index in [0.717, 1.165) is 13.2 Å². The van der Waals surface area contributed by atoms with Crippen LogP contribution in [0.4, 0.5) is 5.69 Å². The smallest absolute Gasteiger partial charge is 0.0633 e. The highest BCUT2D eigenvalue weighted by Crippen LogP contribution is 2.10. The van der Waals surface area contributed by atoms with E-state index < -0.39 is 0 Å². The second-order valence-corrected chi connectivity index (χ2v) is 3.66. The van der Waals surface area contributed by atoms with E-state index in [4.69, 9.17) is 4.74 Å². The predicted molar refractivity (Wildman–Crippen MR) is 64.4 cm³/mol. The predicted octanol–water partition coefficient (Wildman–Crippen LogP) is 1.36. The van der Waals surface area contributed by atoms with Crippen molar-refractivity contribution in [1.82, 2.24) is 5.32 Å². The molecule has 0 fully saturated rings.